The predicted octanol–water partition coefficient (Wildman–Crippen LogP) is 3.22. The van der Waals surface area contributed by atoms with Gasteiger partial charge in [-0.3, -0.25) is 24.0 Å². The maximum Gasteiger partial charge on any atom is 0.306 e. The van der Waals surface area contributed by atoms with Crippen molar-refractivity contribution in [1.82, 2.24) is 0 Å². The molecule has 3 fully saturated rings. The summed E-state index contributed by atoms with van der Waals surface area (Å²) in [6, 6.07) is 0. The van der Waals surface area contributed by atoms with Crippen LogP contribution < -0.4 is 0 Å². The zero-order valence-electron chi connectivity index (χ0n) is 22.1. The number of allylic oxidation sites excluding steroid dienone is 4. The van der Waals surface area contributed by atoms with Gasteiger partial charge in [0, 0.05) is 42.1 Å². The second kappa shape index (κ2) is 9.66. The summed E-state index contributed by atoms with van der Waals surface area (Å²) in [6.45, 7) is 4.96. The SMILES string of the molecule is COC(=O)CCCC(=O)O[C@]1(C(=O)CCl)C(C)C[C@H]2[C@@H]3CC(=O)C4=CC(=O)C=C[C@]4(C)[C@@]3(F)C(O)C[C@@]21C. The molecule has 0 aromatic rings. The molecule has 0 radical (unpaired) electrons. The van der Waals surface area contributed by atoms with E-state index in [1.807, 2.05) is 0 Å². The van der Waals surface area contributed by atoms with Gasteiger partial charge in [0.2, 0.25) is 0 Å². The smallest absolute Gasteiger partial charge is 0.306 e. The minimum atomic E-state index is -2.29. The Balaban J connectivity index is 1.75. The van der Waals surface area contributed by atoms with Crippen molar-refractivity contribution < 1.29 is 42.9 Å². The molecule has 208 valence electrons. The van der Waals surface area contributed by atoms with E-state index >= 15 is 4.39 Å². The second-order valence-electron chi connectivity index (χ2n) is 11.6. The van der Waals surface area contributed by atoms with E-state index in [1.54, 1.807) is 13.8 Å². The fourth-order valence-electron chi connectivity index (χ4n) is 8.04. The highest BCUT2D eigenvalue weighted by Crippen LogP contribution is 2.71. The predicted molar refractivity (Wildman–Crippen MR) is 134 cm³/mol. The summed E-state index contributed by atoms with van der Waals surface area (Å²) in [7, 11) is 1.24. The van der Waals surface area contributed by atoms with Crippen molar-refractivity contribution >= 4 is 40.9 Å². The van der Waals surface area contributed by atoms with E-state index in [0.29, 0.717) is 0 Å². The fraction of sp³-hybridized carbons (Fsp3) is 0.679. The molecule has 10 heteroatoms. The lowest BCUT2D eigenvalue weighted by Crippen LogP contribution is -2.71. The second-order valence-corrected chi connectivity index (χ2v) is 11.8. The van der Waals surface area contributed by atoms with E-state index in [1.165, 1.54) is 26.2 Å². The van der Waals surface area contributed by atoms with E-state index in [4.69, 9.17) is 16.3 Å². The Morgan fingerprint density at radius 2 is 1.82 bits per heavy atom. The molecule has 8 atom stereocenters. The first-order valence-electron chi connectivity index (χ1n) is 13.0. The van der Waals surface area contributed by atoms with Gasteiger partial charge in [0.15, 0.2) is 28.6 Å². The number of ether oxygens (including phenoxy) is 2. The van der Waals surface area contributed by atoms with Crippen molar-refractivity contribution in [2.75, 3.05) is 13.0 Å². The van der Waals surface area contributed by atoms with E-state index in [-0.39, 0.29) is 49.9 Å². The highest BCUT2D eigenvalue weighted by atomic mass is 35.5. The largest absolute Gasteiger partial charge is 0.469 e. The number of hydrogen-bond acceptors (Lipinski definition) is 8. The van der Waals surface area contributed by atoms with Crippen LogP contribution in [0.1, 0.15) is 59.3 Å². The van der Waals surface area contributed by atoms with Crippen LogP contribution in [0.2, 0.25) is 0 Å². The zero-order valence-corrected chi connectivity index (χ0v) is 22.8. The van der Waals surface area contributed by atoms with Crippen LogP contribution in [0.25, 0.3) is 0 Å². The summed E-state index contributed by atoms with van der Waals surface area (Å²) in [6.07, 6.45) is 1.91. The van der Waals surface area contributed by atoms with Crippen molar-refractivity contribution in [2.45, 2.75) is 76.7 Å². The van der Waals surface area contributed by atoms with Crippen LogP contribution >= 0.6 is 11.6 Å². The number of Topliss-reactive ketones (excluding diaryl/α,β-unsaturated/α-hetero) is 2. The van der Waals surface area contributed by atoms with Crippen LogP contribution in [-0.2, 0) is 33.4 Å². The third-order valence-corrected chi connectivity index (χ3v) is 10.1. The fourth-order valence-corrected chi connectivity index (χ4v) is 8.24. The lowest BCUT2D eigenvalue weighted by Gasteiger charge is -2.62. The molecule has 4 aliphatic carbocycles. The Hall–Kier alpha value is -2.39. The molecule has 2 unspecified atom stereocenters. The highest BCUT2D eigenvalue weighted by Gasteiger charge is 2.77. The number of aliphatic hydroxyl groups excluding tert-OH is 1. The van der Waals surface area contributed by atoms with Gasteiger partial charge in [0.1, 0.15) is 0 Å². The summed E-state index contributed by atoms with van der Waals surface area (Å²) < 4.78 is 27.9. The zero-order chi connectivity index (χ0) is 28.3. The first-order valence-corrected chi connectivity index (χ1v) is 13.5. The Bertz CT molecular complexity index is 1150. The third kappa shape index (κ3) is 3.75. The van der Waals surface area contributed by atoms with Gasteiger partial charge in [-0.25, -0.2) is 4.39 Å². The van der Waals surface area contributed by atoms with Crippen molar-refractivity contribution in [2.24, 2.45) is 28.6 Å². The van der Waals surface area contributed by atoms with Gasteiger partial charge >= 0.3 is 11.9 Å². The maximum atomic E-state index is 17.4. The quantitative estimate of drug-likeness (QED) is 0.377. The number of carbonyl (C=O) groups excluding carboxylic acids is 5. The molecule has 4 aliphatic rings. The molecule has 0 aromatic heterocycles. The lowest BCUT2D eigenvalue weighted by atomic mass is 9.44. The summed E-state index contributed by atoms with van der Waals surface area (Å²) in [5.74, 6) is -5.17. The van der Waals surface area contributed by atoms with Crippen molar-refractivity contribution in [3.63, 3.8) is 0 Å². The van der Waals surface area contributed by atoms with Gasteiger partial charge in [-0.2, -0.15) is 0 Å². The summed E-state index contributed by atoms with van der Waals surface area (Å²) in [5, 5.41) is 11.5. The first kappa shape index (κ1) is 28.6. The van der Waals surface area contributed by atoms with E-state index < -0.39 is 75.3 Å². The van der Waals surface area contributed by atoms with Gasteiger partial charge < -0.3 is 14.6 Å². The molecule has 1 N–H and O–H groups in total. The Kier molecular flexibility index (Phi) is 7.28. The molecule has 0 saturated heterocycles. The molecule has 0 spiro atoms. The first-order chi connectivity index (χ1) is 17.7. The highest BCUT2D eigenvalue weighted by molar-refractivity contribution is 6.29. The standard InChI is InChI=1S/C28H34ClFO8/c1-15-10-17-18-12-20(32)19-11-16(31)8-9-25(19,2)27(18,30)21(33)13-26(17,3)28(15,22(34)14-29)38-24(36)7-5-6-23(35)37-4/h8-9,11,15,17-18,21,33H,5-7,10,12-14H2,1-4H3/t15?,17-,18-,21?,25-,26-,27-,28-/m0/s1. The number of aliphatic hydroxyl groups is 1. The molecular weight excluding hydrogens is 519 g/mol. The van der Waals surface area contributed by atoms with E-state index in [9.17, 15) is 29.1 Å². The van der Waals surface area contributed by atoms with Gasteiger partial charge in [-0.05, 0) is 44.3 Å². The van der Waals surface area contributed by atoms with E-state index in [2.05, 4.69) is 4.74 Å². The molecule has 0 heterocycles. The van der Waals surface area contributed by atoms with Gasteiger partial charge in [-0.15, -0.1) is 11.6 Å². The Morgan fingerprint density at radius 3 is 2.45 bits per heavy atom. The molecule has 0 bridgehead atoms. The number of halogens is 2. The average Bonchev–Trinajstić information content (AvgIpc) is 3.08. The number of methoxy groups -OCH3 is 1. The van der Waals surface area contributed by atoms with Crippen LogP contribution in [-0.4, -0.2) is 64.8 Å². The van der Waals surface area contributed by atoms with Crippen LogP contribution in [0.15, 0.2) is 23.8 Å². The number of carbonyl (C=O) groups is 5. The maximum absolute atomic E-state index is 17.4. The van der Waals surface area contributed by atoms with Crippen molar-refractivity contribution in [3.05, 3.63) is 23.8 Å². The van der Waals surface area contributed by atoms with E-state index in [0.717, 1.165) is 6.08 Å². The van der Waals surface area contributed by atoms with Crippen LogP contribution in [0.4, 0.5) is 4.39 Å². The molecule has 4 rings (SSSR count). The van der Waals surface area contributed by atoms with Crippen molar-refractivity contribution in [1.29, 1.82) is 0 Å². The number of esters is 2. The topological polar surface area (TPSA) is 124 Å². The van der Waals surface area contributed by atoms with Crippen LogP contribution in [0.3, 0.4) is 0 Å². The molecule has 38 heavy (non-hydrogen) atoms. The summed E-state index contributed by atoms with van der Waals surface area (Å²) in [4.78, 5) is 63.3. The molecule has 0 amide bonds. The minimum absolute atomic E-state index is 0.00474. The summed E-state index contributed by atoms with van der Waals surface area (Å²) in [5.41, 5.74) is -6.75. The number of fused-ring (bicyclic) bond motifs is 5. The van der Waals surface area contributed by atoms with Crippen LogP contribution in [0, 0.1) is 28.6 Å². The van der Waals surface area contributed by atoms with Crippen LogP contribution in [0.5, 0.6) is 0 Å². The van der Waals surface area contributed by atoms with Gasteiger partial charge in [0.05, 0.1) is 24.5 Å². The number of hydrogen-bond donors (Lipinski definition) is 1. The third-order valence-electron chi connectivity index (χ3n) is 9.82. The number of rotatable bonds is 7. The summed E-state index contributed by atoms with van der Waals surface area (Å²) >= 11 is 6.04. The number of ketones is 3. The minimum Gasteiger partial charge on any atom is -0.469 e. The van der Waals surface area contributed by atoms with Crippen molar-refractivity contribution in [3.8, 4) is 0 Å². The average molecular weight is 553 g/mol. The lowest BCUT2D eigenvalue weighted by molar-refractivity contribution is -0.226. The monoisotopic (exact) mass is 552 g/mol. The van der Waals surface area contributed by atoms with Gasteiger partial charge in [0.25, 0.3) is 0 Å². The molecule has 3 saturated carbocycles. The molecule has 8 nitrogen and oxygen atoms in total. The normalized spacial score (nSPS) is 41.5. The molecule has 0 aliphatic heterocycles. The number of alkyl halides is 2. The Morgan fingerprint density at radius 1 is 1.16 bits per heavy atom. The molecular formula is C28H34ClFO8. The molecule has 0 aromatic carbocycles. The van der Waals surface area contributed by atoms with Gasteiger partial charge in [-0.1, -0.05) is 19.9 Å². The Labute approximate surface area is 225 Å².